The van der Waals surface area contributed by atoms with E-state index in [0.29, 0.717) is 5.92 Å². The molecular weight excluding hydrogens is 781 g/mol. The van der Waals surface area contributed by atoms with Gasteiger partial charge in [0.25, 0.3) is 0 Å². The molecular formula is C65H52. The molecule has 0 radical (unpaired) electrons. The van der Waals surface area contributed by atoms with E-state index < -0.39 is 0 Å². The van der Waals surface area contributed by atoms with Gasteiger partial charge in [0, 0.05) is 0 Å². The van der Waals surface area contributed by atoms with Crippen LogP contribution in [0.5, 0.6) is 0 Å². The highest BCUT2D eigenvalue weighted by atomic mass is 14.5. The molecule has 1 aliphatic carbocycles. The van der Waals surface area contributed by atoms with Crippen molar-refractivity contribution in [3.8, 4) is 55.6 Å². The average Bonchev–Trinajstić information content (AvgIpc) is 3.67. The van der Waals surface area contributed by atoms with Gasteiger partial charge in [-0.3, -0.25) is 0 Å². The van der Waals surface area contributed by atoms with Gasteiger partial charge in [0.15, 0.2) is 0 Å². The van der Waals surface area contributed by atoms with Crippen LogP contribution in [0.15, 0.2) is 261 Å². The van der Waals surface area contributed by atoms with Gasteiger partial charge < -0.3 is 0 Å². The molecule has 0 spiro atoms. The van der Waals surface area contributed by atoms with Gasteiger partial charge in [-0.15, -0.1) is 0 Å². The van der Waals surface area contributed by atoms with Crippen LogP contribution in [0.3, 0.4) is 0 Å². The lowest BCUT2D eigenvalue weighted by Crippen LogP contribution is -2.28. The lowest BCUT2D eigenvalue weighted by Gasteiger charge is -2.34. The Balaban J connectivity index is 0.000000163. The Hall–Kier alpha value is -7.80. The van der Waals surface area contributed by atoms with Gasteiger partial charge in [0.05, 0.1) is 5.41 Å². The third kappa shape index (κ3) is 8.40. The van der Waals surface area contributed by atoms with Gasteiger partial charge in [-0.25, -0.2) is 0 Å². The van der Waals surface area contributed by atoms with Crippen LogP contribution < -0.4 is 0 Å². The van der Waals surface area contributed by atoms with Crippen molar-refractivity contribution in [1.29, 1.82) is 0 Å². The topological polar surface area (TPSA) is 0 Å². The first-order valence-electron chi connectivity index (χ1n) is 22.9. The lowest BCUT2D eigenvalue weighted by molar-refractivity contribution is 0.759. The van der Waals surface area contributed by atoms with Crippen LogP contribution in [-0.4, -0.2) is 0 Å². The Morgan fingerprint density at radius 3 is 1.12 bits per heavy atom. The number of rotatable bonds is 9. The predicted octanol–water partition coefficient (Wildman–Crippen LogP) is 17.1. The fourth-order valence-electron chi connectivity index (χ4n) is 9.84. The van der Waals surface area contributed by atoms with Crippen molar-refractivity contribution >= 4 is 0 Å². The highest BCUT2D eigenvalue weighted by Crippen LogP contribution is 2.57. The Morgan fingerprint density at radius 1 is 0.323 bits per heavy atom. The summed E-state index contributed by atoms with van der Waals surface area (Å²) in [6.45, 7) is 4.51. The van der Waals surface area contributed by atoms with Gasteiger partial charge in [0.2, 0.25) is 0 Å². The highest BCUT2D eigenvalue weighted by molar-refractivity contribution is 5.89. The summed E-state index contributed by atoms with van der Waals surface area (Å²) in [5, 5.41) is 0. The summed E-state index contributed by atoms with van der Waals surface area (Å²) in [4.78, 5) is 0. The van der Waals surface area contributed by atoms with Gasteiger partial charge in [-0.1, -0.05) is 267 Å². The molecule has 0 saturated carbocycles. The van der Waals surface area contributed by atoms with Crippen LogP contribution in [-0.2, 0) is 11.8 Å². The van der Waals surface area contributed by atoms with Crippen LogP contribution in [0.2, 0.25) is 0 Å². The summed E-state index contributed by atoms with van der Waals surface area (Å²) >= 11 is 0. The number of fused-ring (bicyclic) bond motifs is 3. The van der Waals surface area contributed by atoms with E-state index in [9.17, 15) is 0 Å². The molecule has 1 aliphatic rings. The van der Waals surface area contributed by atoms with Crippen LogP contribution in [0.1, 0.15) is 51.8 Å². The molecule has 0 N–H and O–H groups in total. The smallest absolute Gasteiger partial charge is 0.0622 e. The molecule has 0 fully saturated rings. The molecule has 0 saturated heterocycles. The fourth-order valence-corrected chi connectivity index (χ4v) is 9.84. The molecule has 0 amide bonds. The molecule has 65 heavy (non-hydrogen) atoms. The first-order chi connectivity index (χ1) is 32.0. The standard InChI is InChI=1S/C38H28.C27H24/c1-27-17-23-34-35-24-22-31(30-20-18-29(19-21-30)28-11-5-2-6-12-28)26-37(35)38(36(34)25-27,32-13-7-3-8-14-32)33-15-9-4-10-16-33;1-21(23-16-18-27(19-17-23)25-10-6-3-7-11-25)20-22-12-14-26(15-13-22)24-8-4-2-5-9-24/h2-26H,1H3;2-19,21H,20H2,1H3. The molecule has 10 aromatic rings. The molecule has 312 valence electrons. The highest BCUT2D eigenvalue weighted by Gasteiger charge is 2.46. The first kappa shape index (κ1) is 41.2. The molecule has 1 unspecified atom stereocenters. The zero-order chi connectivity index (χ0) is 44.0. The minimum Gasteiger partial charge on any atom is -0.0622 e. The zero-order valence-electron chi connectivity index (χ0n) is 37.1. The average molecular weight is 833 g/mol. The normalized spacial score (nSPS) is 12.6. The van der Waals surface area contributed by atoms with E-state index in [1.54, 1.807) is 0 Å². The SMILES string of the molecule is CC(Cc1ccc(-c2ccccc2)cc1)c1ccc(-c2ccccc2)cc1.Cc1ccc2c(c1)C(c1ccccc1)(c1ccccc1)c1cc(-c3ccc(-c4ccccc4)cc3)ccc1-2. The van der Waals surface area contributed by atoms with E-state index in [2.05, 4.69) is 275 Å². The summed E-state index contributed by atoms with van der Waals surface area (Å²) in [6.07, 6.45) is 1.06. The molecule has 10 aromatic carbocycles. The third-order valence-corrected chi connectivity index (χ3v) is 13.2. The second-order valence-electron chi connectivity index (χ2n) is 17.4. The summed E-state index contributed by atoms with van der Waals surface area (Å²) in [5.41, 5.74) is 21.7. The summed E-state index contributed by atoms with van der Waals surface area (Å²) in [5.74, 6) is 0.498. The van der Waals surface area contributed by atoms with E-state index >= 15 is 0 Å². The van der Waals surface area contributed by atoms with Gasteiger partial charge in [0.1, 0.15) is 0 Å². The van der Waals surface area contributed by atoms with Crippen LogP contribution in [0.25, 0.3) is 55.6 Å². The molecule has 1 atom stereocenters. The van der Waals surface area contributed by atoms with Crippen molar-refractivity contribution in [2.24, 2.45) is 0 Å². The van der Waals surface area contributed by atoms with E-state index in [1.165, 1.54) is 94.6 Å². The van der Waals surface area contributed by atoms with Crippen molar-refractivity contribution in [3.63, 3.8) is 0 Å². The van der Waals surface area contributed by atoms with E-state index in [0.717, 1.165) is 6.42 Å². The summed E-state index contributed by atoms with van der Waals surface area (Å²) < 4.78 is 0. The Kier molecular flexibility index (Phi) is 11.7. The van der Waals surface area contributed by atoms with Crippen LogP contribution >= 0.6 is 0 Å². The van der Waals surface area contributed by atoms with Crippen LogP contribution in [0, 0.1) is 6.92 Å². The van der Waals surface area contributed by atoms with E-state index in [-0.39, 0.29) is 5.41 Å². The quantitative estimate of drug-likeness (QED) is 0.136. The first-order valence-corrected chi connectivity index (χ1v) is 22.9. The Morgan fingerprint density at radius 2 is 0.662 bits per heavy atom. The summed E-state index contributed by atoms with van der Waals surface area (Å²) in [7, 11) is 0. The molecule has 0 heteroatoms. The molecule has 0 bridgehead atoms. The van der Waals surface area contributed by atoms with E-state index in [1.807, 2.05) is 0 Å². The van der Waals surface area contributed by atoms with Crippen molar-refractivity contribution in [2.45, 2.75) is 31.6 Å². The van der Waals surface area contributed by atoms with Crippen molar-refractivity contribution in [1.82, 2.24) is 0 Å². The van der Waals surface area contributed by atoms with Crippen molar-refractivity contribution in [2.75, 3.05) is 0 Å². The Bertz CT molecular complexity index is 3080. The number of hydrogen-bond acceptors (Lipinski definition) is 0. The summed E-state index contributed by atoms with van der Waals surface area (Å²) in [6, 6.07) is 94.7. The van der Waals surface area contributed by atoms with Crippen molar-refractivity contribution < 1.29 is 0 Å². The molecule has 0 nitrogen and oxygen atoms in total. The second-order valence-corrected chi connectivity index (χ2v) is 17.4. The lowest BCUT2D eigenvalue weighted by atomic mass is 9.67. The van der Waals surface area contributed by atoms with E-state index in [4.69, 9.17) is 0 Å². The maximum absolute atomic E-state index is 2.43. The minimum absolute atomic E-state index is 0.376. The second kappa shape index (κ2) is 18.5. The molecule has 0 heterocycles. The van der Waals surface area contributed by atoms with Crippen LogP contribution in [0.4, 0.5) is 0 Å². The molecule has 11 rings (SSSR count). The maximum Gasteiger partial charge on any atom is 0.0713 e. The largest absolute Gasteiger partial charge is 0.0713 e. The van der Waals surface area contributed by atoms with Gasteiger partial charge >= 0.3 is 0 Å². The van der Waals surface area contributed by atoms with Gasteiger partial charge in [-0.05, 0) is 114 Å². The number of hydrogen-bond donors (Lipinski definition) is 0. The maximum atomic E-state index is 2.43. The molecule has 0 aliphatic heterocycles. The fraction of sp³-hybridized carbons (Fsp3) is 0.0769. The van der Waals surface area contributed by atoms with Crippen molar-refractivity contribution in [3.05, 3.63) is 300 Å². The Labute approximate surface area is 385 Å². The number of aryl methyl sites for hydroxylation is 1. The minimum atomic E-state index is -0.376. The predicted molar refractivity (Wildman–Crippen MR) is 275 cm³/mol. The monoisotopic (exact) mass is 832 g/mol. The van der Waals surface area contributed by atoms with Gasteiger partial charge in [-0.2, -0.15) is 0 Å². The zero-order valence-corrected chi connectivity index (χ0v) is 37.1. The third-order valence-electron chi connectivity index (χ3n) is 13.2. The molecule has 0 aromatic heterocycles. The number of benzene rings is 10.